The van der Waals surface area contributed by atoms with Gasteiger partial charge in [0.05, 0.1) is 31.0 Å². The number of ether oxygens (including phenoxy) is 2. The van der Waals surface area contributed by atoms with E-state index >= 15 is 0 Å². The highest BCUT2D eigenvalue weighted by Crippen LogP contribution is 2.29. The lowest BCUT2D eigenvalue weighted by Gasteiger charge is -2.13. The molecule has 6 heteroatoms. The lowest BCUT2D eigenvalue weighted by atomic mass is 10.1. The predicted molar refractivity (Wildman–Crippen MR) is 95.5 cm³/mol. The van der Waals surface area contributed by atoms with Crippen molar-refractivity contribution in [1.82, 2.24) is 0 Å². The van der Waals surface area contributed by atoms with Gasteiger partial charge in [-0.1, -0.05) is 18.2 Å². The summed E-state index contributed by atoms with van der Waals surface area (Å²) in [5, 5.41) is 16.4. The summed E-state index contributed by atoms with van der Waals surface area (Å²) in [6.07, 6.45) is 0. The van der Waals surface area contributed by atoms with Crippen LogP contribution in [0.5, 0.6) is 17.2 Å². The Morgan fingerprint density at radius 1 is 1.00 bits per heavy atom. The third-order valence-electron chi connectivity index (χ3n) is 3.61. The van der Waals surface area contributed by atoms with E-state index in [1.54, 1.807) is 43.5 Å². The molecule has 3 N–H and O–H groups in total. The molecule has 6 nitrogen and oxygen atoms in total. The summed E-state index contributed by atoms with van der Waals surface area (Å²) < 4.78 is 10.4. The first-order valence-corrected chi connectivity index (χ1v) is 7.46. The van der Waals surface area contributed by atoms with Crippen LogP contribution in [0, 0.1) is 12.1 Å². The maximum absolute atomic E-state index is 12.4. The highest BCUT2D eigenvalue weighted by atomic mass is 16.5. The fraction of sp³-hybridized carbons (Fsp3) is 0.105. The van der Waals surface area contributed by atoms with Crippen LogP contribution in [0.15, 0.2) is 42.5 Å². The number of carbonyl (C=O) groups excluding carboxylic acids is 1. The topological polar surface area (TPSA) is 79.8 Å². The molecule has 0 saturated heterocycles. The third kappa shape index (κ3) is 3.51. The maximum Gasteiger partial charge on any atom is 0.323 e. The van der Waals surface area contributed by atoms with Gasteiger partial charge in [0.25, 0.3) is 0 Å². The molecule has 0 fully saturated rings. The van der Waals surface area contributed by atoms with Gasteiger partial charge >= 0.3 is 6.03 Å². The van der Waals surface area contributed by atoms with Gasteiger partial charge in [-0.05, 0) is 35.7 Å². The SMILES string of the molecule is COc1ccc(OC)c(NC(=O)Nc2cccc3cc(O)c#cc23)c1. The average Bonchev–Trinajstić information content (AvgIpc) is 2.61. The number of amides is 2. The first kappa shape index (κ1) is 16.3. The molecule has 0 radical (unpaired) electrons. The van der Waals surface area contributed by atoms with E-state index in [0.717, 1.165) is 5.39 Å². The highest BCUT2D eigenvalue weighted by molar-refractivity contribution is 6.06. The van der Waals surface area contributed by atoms with Crippen molar-refractivity contribution in [1.29, 1.82) is 0 Å². The minimum atomic E-state index is -0.444. The normalized spacial score (nSPS) is 10.0. The van der Waals surface area contributed by atoms with Gasteiger partial charge in [0.15, 0.2) is 5.75 Å². The van der Waals surface area contributed by atoms with Crippen molar-refractivity contribution < 1.29 is 19.4 Å². The molecular formula is C19H16N2O4. The quantitative estimate of drug-likeness (QED) is 0.677. The smallest absolute Gasteiger partial charge is 0.323 e. The minimum absolute atomic E-state index is 0.00443. The standard InChI is InChI=1S/C19H16N2O4/c1-24-14-7-9-18(25-2)17(11-14)21-19(23)20-16-5-3-4-12-10-13(22)6-8-15(12)16/h3-5,7,9-11,22H,1-2H3,(H2,20,21,23). The van der Waals surface area contributed by atoms with E-state index in [9.17, 15) is 9.90 Å². The molecule has 0 aliphatic rings. The Kier molecular flexibility index (Phi) is 4.48. The largest absolute Gasteiger partial charge is 0.501 e. The molecule has 0 aliphatic heterocycles. The number of anilines is 2. The molecule has 126 valence electrons. The Labute approximate surface area is 145 Å². The van der Waals surface area contributed by atoms with Crippen LogP contribution < -0.4 is 20.1 Å². The summed E-state index contributed by atoms with van der Waals surface area (Å²) in [6.45, 7) is 0. The van der Waals surface area contributed by atoms with Crippen LogP contribution in [0.4, 0.5) is 16.2 Å². The first-order valence-electron chi connectivity index (χ1n) is 7.46. The molecule has 0 bridgehead atoms. The van der Waals surface area contributed by atoms with Crippen LogP contribution >= 0.6 is 0 Å². The molecule has 25 heavy (non-hydrogen) atoms. The zero-order chi connectivity index (χ0) is 17.8. The van der Waals surface area contributed by atoms with Crippen LogP contribution in [-0.4, -0.2) is 25.4 Å². The number of aromatic hydroxyl groups is 1. The van der Waals surface area contributed by atoms with Crippen LogP contribution in [0.2, 0.25) is 0 Å². The van der Waals surface area contributed by atoms with Crippen LogP contribution in [0.1, 0.15) is 0 Å². The molecule has 3 aromatic carbocycles. The summed E-state index contributed by atoms with van der Waals surface area (Å²) in [6, 6.07) is 17.0. The summed E-state index contributed by atoms with van der Waals surface area (Å²) in [4.78, 5) is 12.4. The number of fused-ring (bicyclic) bond motifs is 1. The van der Waals surface area contributed by atoms with Crippen molar-refractivity contribution in [3.63, 3.8) is 0 Å². The second-order valence-electron chi connectivity index (χ2n) is 5.19. The Hall–Kier alpha value is -3.59. The van der Waals surface area contributed by atoms with Crippen LogP contribution in [0.25, 0.3) is 10.8 Å². The van der Waals surface area contributed by atoms with Gasteiger partial charge in [-0.2, -0.15) is 0 Å². The predicted octanol–water partition coefficient (Wildman–Crippen LogP) is 3.81. The lowest BCUT2D eigenvalue weighted by Crippen LogP contribution is -2.20. The third-order valence-corrected chi connectivity index (χ3v) is 3.61. The van der Waals surface area contributed by atoms with E-state index < -0.39 is 6.03 Å². The van der Waals surface area contributed by atoms with Gasteiger partial charge in [0.1, 0.15) is 11.5 Å². The van der Waals surface area contributed by atoms with Crippen molar-refractivity contribution in [3.8, 4) is 17.2 Å². The number of hydrogen-bond acceptors (Lipinski definition) is 4. The van der Waals surface area contributed by atoms with Gasteiger partial charge in [0, 0.05) is 6.07 Å². The van der Waals surface area contributed by atoms with E-state index in [1.165, 1.54) is 7.11 Å². The fourth-order valence-corrected chi connectivity index (χ4v) is 2.43. The zero-order valence-electron chi connectivity index (χ0n) is 13.7. The van der Waals surface area contributed by atoms with Crippen molar-refractivity contribution in [2.75, 3.05) is 24.9 Å². The Bertz CT molecular complexity index is 924. The summed E-state index contributed by atoms with van der Waals surface area (Å²) in [7, 11) is 3.07. The van der Waals surface area contributed by atoms with E-state index in [1.807, 2.05) is 6.07 Å². The Balaban J connectivity index is 1.84. The molecule has 0 atom stereocenters. The molecular weight excluding hydrogens is 320 g/mol. The Morgan fingerprint density at radius 2 is 1.80 bits per heavy atom. The number of rotatable bonds is 4. The number of urea groups is 1. The molecule has 0 spiro atoms. The maximum atomic E-state index is 12.4. The highest BCUT2D eigenvalue weighted by Gasteiger charge is 2.10. The monoisotopic (exact) mass is 336 g/mol. The zero-order valence-corrected chi connectivity index (χ0v) is 13.7. The van der Waals surface area contributed by atoms with E-state index in [2.05, 4.69) is 22.8 Å². The molecule has 0 saturated carbocycles. The second-order valence-corrected chi connectivity index (χ2v) is 5.19. The van der Waals surface area contributed by atoms with Gasteiger partial charge in [-0.3, -0.25) is 0 Å². The van der Waals surface area contributed by atoms with E-state index in [-0.39, 0.29) is 5.75 Å². The van der Waals surface area contributed by atoms with Gasteiger partial charge in [-0.15, -0.1) is 0 Å². The van der Waals surface area contributed by atoms with Gasteiger partial charge in [0.2, 0.25) is 0 Å². The second kappa shape index (κ2) is 6.89. The summed E-state index contributed by atoms with van der Waals surface area (Å²) in [5.41, 5.74) is 1.03. The number of nitrogens with one attached hydrogen (secondary N) is 2. The first-order chi connectivity index (χ1) is 12.1. The Morgan fingerprint density at radius 3 is 2.56 bits per heavy atom. The summed E-state index contributed by atoms with van der Waals surface area (Å²) >= 11 is 0. The van der Waals surface area contributed by atoms with Gasteiger partial charge in [-0.25, -0.2) is 4.79 Å². The molecule has 3 aromatic rings. The van der Waals surface area contributed by atoms with E-state index in [0.29, 0.717) is 28.3 Å². The molecule has 3 rings (SSSR count). The van der Waals surface area contributed by atoms with E-state index in [4.69, 9.17) is 9.47 Å². The fourth-order valence-electron chi connectivity index (χ4n) is 2.43. The molecule has 0 aromatic heterocycles. The van der Waals surface area contributed by atoms with Crippen molar-refractivity contribution >= 4 is 28.2 Å². The minimum Gasteiger partial charge on any atom is -0.501 e. The van der Waals surface area contributed by atoms with Gasteiger partial charge < -0.3 is 25.2 Å². The molecule has 0 aliphatic carbocycles. The van der Waals surface area contributed by atoms with Crippen molar-refractivity contribution in [2.24, 2.45) is 0 Å². The number of carbonyl (C=O) groups is 1. The summed E-state index contributed by atoms with van der Waals surface area (Å²) in [5.74, 6) is 1.11. The number of hydrogen-bond donors (Lipinski definition) is 3. The van der Waals surface area contributed by atoms with Crippen LogP contribution in [0.3, 0.4) is 0 Å². The average molecular weight is 336 g/mol. The van der Waals surface area contributed by atoms with Crippen molar-refractivity contribution in [2.45, 2.75) is 0 Å². The van der Waals surface area contributed by atoms with Crippen molar-refractivity contribution in [3.05, 3.63) is 54.6 Å². The molecule has 0 unspecified atom stereocenters. The molecule has 2 amide bonds. The lowest BCUT2D eigenvalue weighted by molar-refractivity contribution is 0.262. The number of benzene rings is 2. The van der Waals surface area contributed by atoms with Crippen LogP contribution in [-0.2, 0) is 0 Å². The molecule has 0 heterocycles. The number of methoxy groups -OCH3 is 2.